The highest BCUT2D eigenvalue weighted by Crippen LogP contribution is 2.37. The van der Waals surface area contributed by atoms with Crippen LogP contribution < -0.4 is 14.9 Å². The minimum absolute atomic E-state index is 0.0497. The number of hydrogen-bond acceptors (Lipinski definition) is 6. The highest BCUT2D eigenvalue weighted by atomic mass is 32.2. The lowest BCUT2D eigenvalue weighted by molar-refractivity contribution is 0.00578. The Kier molecular flexibility index (Phi) is 5.51. The molecule has 0 saturated carbocycles. The Balaban J connectivity index is 1.93. The van der Waals surface area contributed by atoms with Crippen LogP contribution in [0.15, 0.2) is 18.2 Å². The van der Waals surface area contributed by atoms with Gasteiger partial charge in [-0.15, -0.1) is 0 Å². The number of sulfonamides is 1. The highest BCUT2D eigenvalue weighted by Gasteiger charge is 2.52. The Bertz CT molecular complexity index is 773. The molecule has 0 amide bonds. The van der Waals surface area contributed by atoms with Crippen molar-refractivity contribution in [2.24, 2.45) is 0 Å². The molecule has 0 radical (unpaired) electrons. The fraction of sp³-hybridized carbons (Fsp3) is 0.667. The van der Waals surface area contributed by atoms with Crippen LogP contribution in [0.3, 0.4) is 0 Å². The van der Waals surface area contributed by atoms with E-state index in [1.165, 1.54) is 0 Å². The zero-order valence-electron chi connectivity index (χ0n) is 16.6. The van der Waals surface area contributed by atoms with Gasteiger partial charge in [-0.25, -0.2) is 8.42 Å². The Morgan fingerprint density at radius 3 is 2.26 bits per heavy atom. The van der Waals surface area contributed by atoms with Crippen LogP contribution in [0.5, 0.6) is 5.75 Å². The molecule has 0 spiro atoms. The van der Waals surface area contributed by atoms with Gasteiger partial charge in [0, 0.05) is 24.0 Å². The maximum absolute atomic E-state index is 11.6. The van der Waals surface area contributed by atoms with Gasteiger partial charge in [-0.3, -0.25) is 4.72 Å². The molecule has 0 atom stereocenters. The average molecular weight is 397 g/mol. The monoisotopic (exact) mass is 397 g/mol. The van der Waals surface area contributed by atoms with Gasteiger partial charge in [0.25, 0.3) is 0 Å². The van der Waals surface area contributed by atoms with Crippen LogP contribution in [0.1, 0.15) is 40.5 Å². The van der Waals surface area contributed by atoms with Crippen LogP contribution in [0, 0.1) is 0 Å². The molecule has 2 heterocycles. The lowest BCUT2D eigenvalue weighted by Crippen LogP contribution is -2.41. The molecule has 0 bridgehead atoms. The third-order valence-electron chi connectivity index (χ3n) is 5.28. The molecule has 2 aliphatic rings. The van der Waals surface area contributed by atoms with E-state index in [1.54, 1.807) is 18.2 Å². The fourth-order valence-corrected chi connectivity index (χ4v) is 3.62. The maximum Gasteiger partial charge on any atom is 0.498 e. The van der Waals surface area contributed by atoms with E-state index in [-0.39, 0.29) is 6.10 Å². The van der Waals surface area contributed by atoms with Gasteiger partial charge in [-0.1, -0.05) is 0 Å². The molecule has 1 aromatic carbocycles. The molecule has 0 aromatic heterocycles. The van der Waals surface area contributed by atoms with Crippen LogP contribution in [-0.4, -0.2) is 52.3 Å². The van der Waals surface area contributed by atoms with Crippen molar-refractivity contribution in [3.63, 3.8) is 0 Å². The van der Waals surface area contributed by atoms with Crippen LogP contribution >= 0.6 is 0 Å². The Morgan fingerprint density at radius 2 is 1.70 bits per heavy atom. The predicted molar refractivity (Wildman–Crippen MR) is 105 cm³/mol. The normalized spacial score (nSPS) is 22.6. The maximum atomic E-state index is 11.6. The largest absolute Gasteiger partial charge is 0.498 e. The van der Waals surface area contributed by atoms with Crippen molar-refractivity contribution in [3.05, 3.63) is 18.2 Å². The molecule has 150 valence electrons. The molecule has 0 unspecified atom stereocenters. The van der Waals surface area contributed by atoms with E-state index in [0.717, 1.165) is 19.1 Å². The first-order valence-corrected chi connectivity index (χ1v) is 11.1. The Morgan fingerprint density at radius 1 is 1.11 bits per heavy atom. The first-order valence-electron chi connectivity index (χ1n) is 9.19. The van der Waals surface area contributed by atoms with E-state index in [9.17, 15) is 8.42 Å². The lowest BCUT2D eigenvalue weighted by Gasteiger charge is -2.32. The molecule has 7 nitrogen and oxygen atoms in total. The summed E-state index contributed by atoms with van der Waals surface area (Å²) in [4.78, 5) is 0. The summed E-state index contributed by atoms with van der Waals surface area (Å²) in [5, 5.41) is 0. The second-order valence-corrected chi connectivity index (χ2v) is 9.89. The van der Waals surface area contributed by atoms with Crippen molar-refractivity contribution in [1.29, 1.82) is 0 Å². The number of benzene rings is 1. The SMILES string of the molecule is CC1(C)OB(c2cc(NS(C)(=O)=O)ccc2OC2CCOCC2)OC1(C)C. The number of anilines is 1. The second kappa shape index (κ2) is 7.27. The topological polar surface area (TPSA) is 83.1 Å². The van der Waals surface area contributed by atoms with Gasteiger partial charge in [0.15, 0.2) is 0 Å². The van der Waals surface area contributed by atoms with Gasteiger partial charge in [-0.2, -0.15) is 0 Å². The van der Waals surface area contributed by atoms with Gasteiger partial charge in [-0.05, 0) is 45.9 Å². The van der Waals surface area contributed by atoms with Crippen LogP contribution in [0.4, 0.5) is 5.69 Å². The van der Waals surface area contributed by atoms with E-state index in [4.69, 9.17) is 18.8 Å². The van der Waals surface area contributed by atoms with Gasteiger partial charge in [0.05, 0.1) is 30.7 Å². The van der Waals surface area contributed by atoms with Crippen LogP contribution in [-0.2, 0) is 24.1 Å². The number of hydrogen-bond donors (Lipinski definition) is 1. The van der Waals surface area contributed by atoms with E-state index in [2.05, 4.69) is 4.72 Å². The van der Waals surface area contributed by atoms with Crippen molar-refractivity contribution in [1.82, 2.24) is 0 Å². The van der Waals surface area contributed by atoms with Crippen LogP contribution in [0.25, 0.3) is 0 Å². The molecular weight excluding hydrogens is 369 g/mol. The molecule has 9 heteroatoms. The summed E-state index contributed by atoms with van der Waals surface area (Å²) >= 11 is 0. The first-order chi connectivity index (χ1) is 12.5. The minimum atomic E-state index is -3.39. The molecule has 3 rings (SSSR count). The quantitative estimate of drug-likeness (QED) is 0.765. The summed E-state index contributed by atoms with van der Waals surface area (Å²) in [5.74, 6) is 0.638. The fourth-order valence-electron chi connectivity index (χ4n) is 3.06. The molecule has 27 heavy (non-hydrogen) atoms. The first kappa shape index (κ1) is 20.4. The van der Waals surface area contributed by atoms with Crippen LogP contribution in [0.2, 0.25) is 0 Å². The molecule has 2 saturated heterocycles. The van der Waals surface area contributed by atoms with Crippen molar-refractivity contribution >= 4 is 28.3 Å². The van der Waals surface area contributed by atoms with Crippen molar-refractivity contribution < 1.29 is 27.2 Å². The smallest absolute Gasteiger partial charge is 0.491 e. The van der Waals surface area contributed by atoms with Gasteiger partial charge in [0.1, 0.15) is 11.9 Å². The second-order valence-electron chi connectivity index (χ2n) is 8.14. The van der Waals surface area contributed by atoms with E-state index < -0.39 is 28.3 Å². The molecule has 1 N–H and O–H groups in total. The number of rotatable bonds is 5. The molecular formula is C18H28BNO6S. The summed E-state index contributed by atoms with van der Waals surface area (Å²) in [5.41, 5.74) is 0.109. The average Bonchev–Trinajstić information content (AvgIpc) is 2.76. The summed E-state index contributed by atoms with van der Waals surface area (Å²) in [7, 11) is -4.04. The standard InChI is InChI=1S/C18H28BNO6S/c1-17(2)18(3,4)26-19(25-17)15-12-13(20-27(5,21)22)6-7-16(15)24-14-8-10-23-11-9-14/h6-7,12,14,20H,8-11H2,1-5H3. The van der Waals surface area contributed by atoms with Gasteiger partial charge < -0.3 is 18.8 Å². The Hall–Kier alpha value is -1.29. The molecule has 2 fully saturated rings. The van der Waals surface area contributed by atoms with Gasteiger partial charge in [0.2, 0.25) is 10.0 Å². The zero-order chi connectivity index (χ0) is 19.9. The van der Waals surface area contributed by atoms with E-state index in [0.29, 0.717) is 30.1 Å². The van der Waals surface area contributed by atoms with E-state index in [1.807, 2.05) is 27.7 Å². The van der Waals surface area contributed by atoms with Crippen molar-refractivity contribution in [3.8, 4) is 5.75 Å². The number of ether oxygens (including phenoxy) is 2. The van der Waals surface area contributed by atoms with Crippen molar-refractivity contribution in [2.45, 2.75) is 57.8 Å². The number of nitrogens with one attached hydrogen (secondary N) is 1. The molecule has 0 aliphatic carbocycles. The molecule has 1 aromatic rings. The summed E-state index contributed by atoms with van der Waals surface area (Å²) in [6.45, 7) is 9.25. The van der Waals surface area contributed by atoms with Crippen molar-refractivity contribution in [2.75, 3.05) is 24.2 Å². The zero-order valence-corrected chi connectivity index (χ0v) is 17.4. The summed E-state index contributed by atoms with van der Waals surface area (Å²) in [6, 6.07) is 5.17. The summed E-state index contributed by atoms with van der Waals surface area (Å²) < 4.78 is 49.7. The third kappa shape index (κ3) is 4.77. The summed E-state index contributed by atoms with van der Waals surface area (Å²) in [6.07, 6.45) is 2.79. The van der Waals surface area contributed by atoms with Gasteiger partial charge >= 0.3 is 7.12 Å². The lowest BCUT2D eigenvalue weighted by atomic mass is 9.78. The minimum Gasteiger partial charge on any atom is -0.491 e. The Labute approximate surface area is 161 Å². The van der Waals surface area contributed by atoms with E-state index >= 15 is 0 Å². The highest BCUT2D eigenvalue weighted by molar-refractivity contribution is 7.92. The predicted octanol–water partition coefficient (Wildman–Crippen LogP) is 1.92. The molecule has 2 aliphatic heterocycles. The third-order valence-corrected chi connectivity index (χ3v) is 5.89.